The van der Waals surface area contributed by atoms with Crippen LogP contribution in [-0.4, -0.2) is 38.2 Å². The lowest BCUT2D eigenvalue weighted by Gasteiger charge is -2.21. The molecule has 1 fully saturated rings. The topological polar surface area (TPSA) is 54.5 Å². The molecule has 19 heavy (non-hydrogen) atoms. The first kappa shape index (κ1) is 13.8. The molecule has 0 radical (unpaired) electrons. The zero-order valence-corrected chi connectivity index (χ0v) is 11.6. The average molecular weight is 263 g/mol. The molecule has 1 aromatic rings. The van der Waals surface area contributed by atoms with Gasteiger partial charge in [-0.15, -0.1) is 0 Å². The van der Waals surface area contributed by atoms with Crippen molar-refractivity contribution >= 4 is 11.7 Å². The monoisotopic (exact) mass is 263 g/mol. The first-order valence-electron chi connectivity index (χ1n) is 6.64. The third-order valence-corrected chi connectivity index (χ3v) is 3.33. The summed E-state index contributed by atoms with van der Waals surface area (Å²) >= 11 is 0. The van der Waals surface area contributed by atoms with E-state index in [1.807, 2.05) is 31.1 Å². The molecule has 1 N–H and O–H groups in total. The lowest BCUT2D eigenvalue weighted by atomic mass is 9.99. The third kappa shape index (κ3) is 3.92. The highest BCUT2D eigenvalue weighted by molar-refractivity contribution is 5.78. The van der Waals surface area contributed by atoms with Crippen molar-refractivity contribution in [1.29, 1.82) is 0 Å². The van der Waals surface area contributed by atoms with Crippen molar-refractivity contribution in [2.24, 2.45) is 5.92 Å². The fraction of sp³-hybridized carbons (Fsp3) is 0.571. The van der Waals surface area contributed by atoms with E-state index < -0.39 is 0 Å². The number of hydrogen-bond donors (Lipinski definition) is 1. The molecule has 0 spiro atoms. The van der Waals surface area contributed by atoms with Gasteiger partial charge >= 0.3 is 0 Å². The zero-order valence-electron chi connectivity index (χ0n) is 11.6. The van der Waals surface area contributed by atoms with Crippen molar-refractivity contribution in [3.63, 3.8) is 0 Å². The number of nitrogens with zero attached hydrogens (tertiary/aromatic N) is 2. The van der Waals surface area contributed by atoms with Gasteiger partial charge in [0.25, 0.3) is 0 Å². The second-order valence-corrected chi connectivity index (χ2v) is 5.02. The molecule has 0 atom stereocenters. The van der Waals surface area contributed by atoms with Gasteiger partial charge in [0.1, 0.15) is 5.82 Å². The fourth-order valence-corrected chi connectivity index (χ4v) is 2.11. The second-order valence-electron chi connectivity index (χ2n) is 5.02. The molecule has 0 saturated carbocycles. The van der Waals surface area contributed by atoms with Crippen molar-refractivity contribution < 1.29 is 9.53 Å². The maximum Gasteiger partial charge on any atom is 0.223 e. The standard InChI is InChI=1S/C14H21N3O2/c1-17(2)13-9-11(3-6-15-13)10-16-14(18)12-4-7-19-8-5-12/h3,6,9,12H,4-5,7-8,10H2,1-2H3,(H,16,18). The van der Waals surface area contributed by atoms with Crippen LogP contribution < -0.4 is 10.2 Å². The maximum absolute atomic E-state index is 12.0. The summed E-state index contributed by atoms with van der Waals surface area (Å²) in [6.07, 6.45) is 3.42. The highest BCUT2D eigenvalue weighted by Crippen LogP contribution is 2.15. The van der Waals surface area contributed by atoms with Gasteiger partial charge in [0.05, 0.1) is 0 Å². The van der Waals surface area contributed by atoms with Crippen molar-refractivity contribution in [2.45, 2.75) is 19.4 Å². The van der Waals surface area contributed by atoms with Crippen LogP contribution in [0.5, 0.6) is 0 Å². The van der Waals surface area contributed by atoms with Crippen LogP contribution in [0.3, 0.4) is 0 Å². The summed E-state index contributed by atoms with van der Waals surface area (Å²) in [6, 6.07) is 3.92. The molecule has 1 aliphatic heterocycles. The van der Waals surface area contributed by atoms with Gasteiger partial charge in [0.2, 0.25) is 5.91 Å². The Balaban J connectivity index is 1.87. The first-order valence-corrected chi connectivity index (χ1v) is 6.64. The summed E-state index contributed by atoms with van der Waals surface area (Å²) in [6.45, 7) is 1.94. The number of amides is 1. The normalized spacial score (nSPS) is 16.1. The highest BCUT2D eigenvalue weighted by Gasteiger charge is 2.20. The van der Waals surface area contributed by atoms with Gasteiger partial charge in [-0.1, -0.05) is 0 Å². The van der Waals surface area contributed by atoms with Crippen LogP contribution in [0.25, 0.3) is 0 Å². The van der Waals surface area contributed by atoms with E-state index >= 15 is 0 Å². The molecule has 5 heteroatoms. The second kappa shape index (κ2) is 6.52. The molecular formula is C14H21N3O2. The molecule has 1 aromatic heterocycles. The maximum atomic E-state index is 12.0. The lowest BCUT2D eigenvalue weighted by Crippen LogP contribution is -2.33. The molecular weight excluding hydrogens is 242 g/mol. The summed E-state index contributed by atoms with van der Waals surface area (Å²) in [4.78, 5) is 18.2. The van der Waals surface area contributed by atoms with E-state index in [0.29, 0.717) is 19.8 Å². The van der Waals surface area contributed by atoms with Gasteiger partial charge in [-0.25, -0.2) is 4.98 Å². The summed E-state index contributed by atoms with van der Waals surface area (Å²) in [5, 5.41) is 2.99. The van der Waals surface area contributed by atoms with Crippen LogP contribution in [0.4, 0.5) is 5.82 Å². The molecule has 0 aromatic carbocycles. The minimum Gasteiger partial charge on any atom is -0.381 e. The van der Waals surface area contributed by atoms with Crippen molar-refractivity contribution in [2.75, 3.05) is 32.2 Å². The number of carbonyl (C=O) groups excluding carboxylic acids is 1. The van der Waals surface area contributed by atoms with Crippen LogP contribution in [-0.2, 0) is 16.1 Å². The third-order valence-electron chi connectivity index (χ3n) is 3.33. The SMILES string of the molecule is CN(C)c1cc(CNC(=O)C2CCOCC2)ccn1. The smallest absolute Gasteiger partial charge is 0.223 e. The molecule has 104 valence electrons. The molecule has 2 heterocycles. The molecule has 5 nitrogen and oxygen atoms in total. The number of pyridine rings is 1. The Morgan fingerprint density at radius 3 is 2.89 bits per heavy atom. The highest BCUT2D eigenvalue weighted by atomic mass is 16.5. The van der Waals surface area contributed by atoms with Crippen molar-refractivity contribution in [1.82, 2.24) is 10.3 Å². The van der Waals surface area contributed by atoms with E-state index in [4.69, 9.17) is 4.74 Å². The number of ether oxygens (including phenoxy) is 1. The van der Waals surface area contributed by atoms with E-state index in [-0.39, 0.29) is 11.8 Å². The Kier molecular flexibility index (Phi) is 4.74. The Bertz CT molecular complexity index is 428. The number of rotatable bonds is 4. The quantitative estimate of drug-likeness (QED) is 0.886. The number of anilines is 1. The molecule has 0 bridgehead atoms. The van der Waals surface area contributed by atoms with Crippen molar-refractivity contribution in [3.05, 3.63) is 23.9 Å². The Morgan fingerprint density at radius 2 is 2.21 bits per heavy atom. The molecule has 0 unspecified atom stereocenters. The van der Waals surface area contributed by atoms with Crippen LogP contribution in [0, 0.1) is 5.92 Å². The average Bonchev–Trinajstić information content (AvgIpc) is 2.46. The molecule has 1 saturated heterocycles. The van der Waals surface area contributed by atoms with Crippen LogP contribution in [0.2, 0.25) is 0 Å². The lowest BCUT2D eigenvalue weighted by molar-refractivity contribution is -0.128. The largest absolute Gasteiger partial charge is 0.381 e. The number of hydrogen-bond acceptors (Lipinski definition) is 4. The fourth-order valence-electron chi connectivity index (χ4n) is 2.11. The van der Waals surface area contributed by atoms with Gasteiger partial charge in [-0.2, -0.15) is 0 Å². The molecule has 0 aliphatic carbocycles. The van der Waals surface area contributed by atoms with E-state index in [1.54, 1.807) is 6.20 Å². The van der Waals surface area contributed by atoms with Gasteiger partial charge in [-0.05, 0) is 30.5 Å². The van der Waals surface area contributed by atoms with Gasteiger partial charge in [0.15, 0.2) is 0 Å². The predicted octanol–water partition coefficient (Wildman–Crippen LogP) is 1.19. The van der Waals surface area contributed by atoms with Crippen molar-refractivity contribution in [3.8, 4) is 0 Å². The number of carbonyl (C=O) groups is 1. The Morgan fingerprint density at radius 1 is 1.47 bits per heavy atom. The molecule has 2 rings (SSSR count). The van der Waals surface area contributed by atoms with Gasteiger partial charge in [-0.3, -0.25) is 4.79 Å². The van der Waals surface area contributed by atoms with E-state index in [1.165, 1.54) is 0 Å². The minimum atomic E-state index is 0.101. The molecule has 1 amide bonds. The van der Waals surface area contributed by atoms with E-state index in [0.717, 1.165) is 24.2 Å². The van der Waals surface area contributed by atoms with Crippen LogP contribution in [0.1, 0.15) is 18.4 Å². The van der Waals surface area contributed by atoms with Gasteiger partial charge in [0, 0.05) is 46.0 Å². The number of nitrogens with one attached hydrogen (secondary N) is 1. The molecule has 1 aliphatic rings. The van der Waals surface area contributed by atoms with E-state index in [9.17, 15) is 4.79 Å². The minimum absolute atomic E-state index is 0.101. The summed E-state index contributed by atoms with van der Waals surface area (Å²) < 4.78 is 5.26. The van der Waals surface area contributed by atoms with Crippen LogP contribution in [0.15, 0.2) is 18.3 Å². The Hall–Kier alpha value is -1.62. The zero-order chi connectivity index (χ0) is 13.7. The van der Waals surface area contributed by atoms with Gasteiger partial charge < -0.3 is 15.0 Å². The number of aromatic nitrogens is 1. The summed E-state index contributed by atoms with van der Waals surface area (Å²) in [5.74, 6) is 1.13. The first-order chi connectivity index (χ1) is 9.16. The van der Waals surface area contributed by atoms with E-state index in [2.05, 4.69) is 10.3 Å². The summed E-state index contributed by atoms with van der Waals surface area (Å²) in [5.41, 5.74) is 1.07. The predicted molar refractivity (Wildman–Crippen MR) is 74.0 cm³/mol. The summed E-state index contributed by atoms with van der Waals surface area (Å²) in [7, 11) is 3.90. The Labute approximate surface area is 114 Å². The van der Waals surface area contributed by atoms with Crippen LogP contribution >= 0.6 is 0 Å².